The van der Waals surface area contributed by atoms with Gasteiger partial charge in [0.1, 0.15) is 0 Å². The molecule has 6 aliphatic carbocycles. The summed E-state index contributed by atoms with van der Waals surface area (Å²) in [5, 5.41) is 12.5. The number of hydrogen-bond acceptors (Lipinski definition) is 4. The summed E-state index contributed by atoms with van der Waals surface area (Å²) in [5.41, 5.74) is 2.75. The molecule has 0 bridgehead atoms. The molecule has 4 nitrogen and oxygen atoms in total. The molecule has 2 unspecified atom stereocenters. The molecule has 0 radical (unpaired) electrons. The van der Waals surface area contributed by atoms with Crippen LogP contribution in [0.25, 0.3) is 0 Å². The zero-order valence-corrected chi connectivity index (χ0v) is 19.1. The predicted octanol–water partition coefficient (Wildman–Crippen LogP) is 4.76. The SMILES string of the molecule is C[C@H]1C[C@H]2O[C@@]34CC[C@H]5[C@@H]6CCC7=CC(=O)CC[C@]7(C)[C@H]6CC56CC63C[C@@H]4[C@@H]2N(O)C1. The summed E-state index contributed by atoms with van der Waals surface area (Å²) in [7, 11) is 0. The minimum absolute atomic E-state index is 0.0689. The van der Waals surface area contributed by atoms with E-state index in [2.05, 4.69) is 13.8 Å². The van der Waals surface area contributed by atoms with E-state index in [1.807, 2.05) is 6.08 Å². The second-order valence-corrected chi connectivity index (χ2v) is 13.4. The Labute approximate surface area is 185 Å². The van der Waals surface area contributed by atoms with Gasteiger partial charge in [-0.3, -0.25) is 4.79 Å². The fourth-order valence-electron chi connectivity index (χ4n) is 11.6. The first-order valence-electron chi connectivity index (χ1n) is 13.2. The summed E-state index contributed by atoms with van der Waals surface area (Å²) in [4.78, 5) is 12.2. The molecule has 3 spiro atoms. The van der Waals surface area contributed by atoms with E-state index in [-0.39, 0.29) is 23.2 Å². The molecule has 8 aliphatic rings. The number of hydrogen-bond donors (Lipinski definition) is 1. The number of nitrogens with zero attached hydrogens (tertiary/aromatic N) is 1. The zero-order valence-electron chi connectivity index (χ0n) is 19.1. The van der Waals surface area contributed by atoms with Crippen LogP contribution in [0, 0.1) is 45.8 Å². The van der Waals surface area contributed by atoms with Gasteiger partial charge in [0, 0.05) is 24.3 Å². The molecule has 7 fully saturated rings. The number of hydroxylamine groups is 2. The first kappa shape index (κ1) is 18.7. The van der Waals surface area contributed by atoms with E-state index >= 15 is 0 Å². The van der Waals surface area contributed by atoms with Crippen LogP contribution in [0.15, 0.2) is 11.6 Å². The Bertz CT molecular complexity index is 929. The highest BCUT2D eigenvalue weighted by Crippen LogP contribution is 2.93. The van der Waals surface area contributed by atoms with Crippen molar-refractivity contribution in [3.05, 3.63) is 11.6 Å². The van der Waals surface area contributed by atoms with Crippen LogP contribution in [0.2, 0.25) is 0 Å². The number of piperidine rings is 1. The third-order valence-electron chi connectivity index (χ3n) is 12.7. The van der Waals surface area contributed by atoms with Gasteiger partial charge in [0.2, 0.25) is 0 Å². The van der Waals surface area contributed by atoms with Crippen molar-refractivity contribution in [2.45, 2.75) is 95.8 Å². The Hall–Kier alpha value is -0.710. The second kappa shape index (κ2) is 5.33. The molecule has 0 amide bonds. The number of carbonyl (C=O) groups is 1. The molecular weight excluding hydrogens is 386 g/mol. The molecule has 8 rings (SSSR count). The highest BCUT2D eigenvalue weighted by molar-refractivity contribution is 5.91. The van der Waals surface area contributed by atoms with Crippen molar-refractivity contribution in [1.82, 2.24) is 5.06 Å². The fraction of sp³-hybridized carbons (Fsp3) is 0.889. The quantitative estimate of drug-likeness (QED) is 0.611. The van der Waals surface area contributed by atoms with Crippen molar-refractivity contribution in [3.63, 3.8) is 0 Å². The number of ketones is 1. The normalized spacial score (nSPS) is 63.4. The van der Waals surface area contributed by atoms with Crippen LogP contribution in [-0.4, -0.2) is 40.3 Å². The molecule has 2 aliphatic heterocycles. The van der Waals surface area contributed by atoms with E-state index in [4.69, 9.17) is 4.74 Å². The summed E-state index contributed by atoms with van der Waals surface area (Å²) < 4.78 is 7.09. The van der Waals surface area contributed by atoms with E-state index < -0.39 is 0 Å². The monoisotopic (exact) mass is 423 g/mol. The summed E-state index contributed by atoms with van der Waals surface area (Å²) in [6, 6.07) is 0.246. The largest absolute Gasteiger partial charge is 0.369 e. The number of fused-ring (bicyclic) bond motifs is 6. The van der Waals surface area contributed by atoms with Gasteiger partial charge in [-0.05, 0) is 98.4 Å². The first-order valence-corrected chi connectivity index (χ1v) is 13.2. The molecule has 0 aromatic heterocycles. The minimum atomic E-state index is 0.0689. The van der Waals surface area contributed by atoms with Gasteiger partial charge in [-0.15, -0.1) is 0 Å². The van der Waals surface area contributed by atoms with Crippen LogP contribution in [0.3, 0.4) is 0 Å². The maximum atomic E-state index is 12.2. The molecule has 4 heteroatoms. The smallest absolute Gasteiger partial charge is 0.155 e. The van der Waals surface area contributed by atoms with E-state index in [0.717, 1.165) is 50.0 Å². The summed E-state index contributed by atoms with van der Waals surface area (Å²) in [6.45, 7) is 5.58. The minimum Gasteiger partial charge on any atom is -0.369 e. The maximum absolute atomic E-state index is 12.2. The predicted molar refractivity (Wildman–Crippen MR) is 115 cm³/mol. The molecule has 31 heavy (non-hydrogen) atoms. The summed E-state index contributed by atoms with van der Waals surface area (Å²) in [5.74, 6) is 3.97. The number of allylic oxidation sites excluding steroid dienone is 2. The van der Waals surface area contributed by atoms with Gasteiger partial charge in [0.05, 0.1) is 17.7 Å². The average molecular weight is 424 g/mol. The lowest BCUT2D eigenvalue weighted by Gasteiger charge is -2.60. The van der Waals surface area contributed by atoms with Crippen molar-refractivity contribution in [2.75, 3.05) is 6.54 Å². The Kier molecular flexibility index (Phi) is 3.22. The Morgan fingerprint density at radius 1 is 1.13 bits per heavy atom. The number of ether oxygens (including phenoxy) is 1. The molecule has 0 aromatic rings. The lowest BCUT2D eigenvalue weighted by atomic mass is 9.48. The molecule has 11 atom stereocenters. The van der Waals surface area contributed by atoms with Crippen LogP contribution < -0.4 is 0 Å². The zero-order chi connectivity index (χ0) is 21.0. The lowest BCUT2D eigenvalue weighted by Crippen LogP contribution is -2.64. The van der Waals surface area contributed by atoms with Gasteiger partial charge in [-0.25, -0.2) is 0 Å². The van der Waals surface area contributed by atoms with Gasteiger partial charge in [0.25, 0.3) is 0 Å². The topological polar surface area (TPSA) is 49.8 Å². The highest BCUT2D eigenvalue weighted by atomic mass is 16.5. The molecule has 5 saturated carbocycles. The molecule has 168 valence electrons. The highest BCUT2D eigenvalue weighted by Gasteiger charge is 2.92. The lowest BCUT2D eigenvalue weighted by molar-refractivity contribution is -0.212. The van der Waals surface area contributed by atoms with Crippen molar-refractivity contribution < 1.29 is 14.7 Å². The molecule has 1 N–H and O–H groups in total. The maximum Gasteiger partial charge on any atom is 0.155 e. The molecular formula is C27H37NO3. The van der Waals surface area contributed by atoms with Crippen LogP contribution in [0.4, 0.5) is 0 Å². The summed E-state index contributed by atoms with van der Waals surface area (Å²) in [6.07, 6.45) is 14.4. The van der Waals surface area contributed by atoms with Crippen LogP contribution in [-0.2, 0) is 9.53 Å². The third-order valence-corrected chi connectivity index (χ3v) is 12.7. The van der Waals surface area contributed by atoms with Crippen LogP contribution in [0.5, 0.6) is 0 Å². The van der Waals surface area contributed by atoms with E-state index in [0.29, 0.717) is 28.4 Å². The van der Waals surface area contributed by atoms with Crippen molar-refractivity contribution in [2.24, 2.45) is 45.8 Å². The van der Waals surface area contributed by atoms with Crippen LogP contribution in [0.1, 0.15) is 78.1 Å². The summed E-state index contributed by atoms with van der Waals surface area (Å²) >= 11 is 0. The standard InChI is InChI=1S/C27H37NO3/c1-15-9-22-23(28(30)13-15)21-12-26-14-25(26)11-20-18(19(25)6-8-27(21,26)31-22)4-3-16-10-17(29)5-7-24(16,20)2/h10,15,18-23,30H,3-9,11-14H2,1-2H3/t15-,18-,19-,20-,21+,22+,23-,24-,25?,26?,27+/m0/s1. The fourth-order valence-corrected chi connectivity index (χ4v) is 11.6. The van der Waals surface area contributed by atoms with E-state index in [1.165, 1.54) is 44.1 Å². The molecule has 0 aromatic carbocycles. The van der Waals surface area contributed by atoms with Gasteiger partial charge in [-0.2, -0.15) is 5.06 Å². The second-order valence-electron chi connectivity index (χ2n) is 13.4. The van der Waals surface area contributed by atoms with E-state index in [1.54, 1.807) is 5.06 Å². The first-order chi connectivity index (χ1) is 14.8. The number of carbonyl (C=O) groups excluding carboxylic acids is 1. The van der Waals surface area contributed by atoms with Crippen molar-refractivity contribution in [3.8, 4) is 0 Å². The Morgan fingerprint density at radius 2 is 2.00 bits per heavy atom. The van der Waals surface area contributed by atoms with E-state index in [9.17, 15) is 10.0 Å². The Morgan fingerprint density at radius 3 is 2.87 bits per heavy atom. The molecule has 2 saturated heterocycles. The van der Waals surface area contributed by atoms with Crippen molar-refractivity contribution >= 4 is 5.78 Å². The van der Waals surface area contributed by atoms with Gasteiger partial charge < -0.3 is 9.94 Å². The van der Waals surface area contributed by atoms with Gasteiger partial charge in [-0.1, -0.05) is 19.4 Å². The average Bonchev–Trinajstić information content (AvgIpc) is 3.19. The Balaban J connectivity index is 1.15. The van der Waals surface area contributed by atoms with Gasteiger partial charge >= 0.3 is 0 Å². The molecule has 2 heterocycles. The number of rotatable bonds is 0. The van der Waals surface area contributed by atoms with Crippen molar-refractivity contribution in [1.29, 1.82) is 0 Å². The third kappa shape index (κ3) is 1.83. The van der Waals surface area contributed by atoms with Gasteiger partial charge in [0.15, 0.2) is 5.78 Å². The van der Waals surface area contributed by atoms with Crippen LogP contribution >= 0.6 is 0 Å².